The standard InChI is InChI=1S/C26H38O3Si/c1-19(2)30(20(3)4,21(5)6)29-24(18-17-22-13-9-7-10-14-22)26(28)25(27)23-15-11-8-12-16-23/h7-21,24-28H,1-6H3/b18-17+/t24-,25-,26-/m0/s1. The monoisotopic (exact) mass is 426 g/mol. The molecule has 2 aromatic rings. The minimum absolute atomic E-state index is 0.381. The molecule has 0 saturated heterocycles. The van der Waals surface area contributed by atoms with Gasteiger partial charge in [0.15, 0.2) is 0 Å². The number of benzene rings is 2. The van der Waals surface area contributed by atoms with Crippen LogP contribution in [-0.4, -0.2) is 30.7 Å². The van der Waals surface area contributed by atoms with Crippen molar-refractivity contribution in [3.8, 4) is 0 Å². The molecule has 2 aromatic carbocycles. The van der Waals surface area contributed by atoms with E-state index in [2.05, 4.69) is 41.5 Å². The fraction of sp³-hybridized carbons (Fsp3) is 0.462. The lowest BCUT2D eigenvalue weighted by Gasteiger charge is -2.45. The molecule has 0 fully saturated rings. The quantitative estimate of drug-likeness (QED) is 0.435. The van der Waals surface area contributed by atoms with Crippen LogP contribution >= 0.6 is 0 Å². The third kappa shape index (κ3) is 5.70. The van der Waals surface area contributed by atoms with Gasteiger partial charge in [-0.2, -0.15) is 0 Å². The molecule has 2 rings (SSSR count). The summed E-state index contributed by atoms with van der Waals surface area (Å²) in [6.07, 6.45) is 1.22. The van der Waals surface area contributed by atoms with Gasteiger partial charge >= 0.3 is 0 Å². The van der Waals surface area contributed by atoms with Crippen molar-refractivity contribution in [3.05, 3.63) is 77.9 Å². The van der Waals surface area contributed by atoms with E-state index in [4.69, 9.17) is 4.43 Å². The van der Waals surface area contributed by atoms with E-state index in [9.17, 15) is 10.2 Å². The Bertz CT molecular complexity index is 750. The predicted molar refractivity (Wildman–Crippen MR) is 129 cm³/mol. The van der Waals surface area contributed by atoms with E-state index in [-0.39, 0.29) is 0 Å². The second-order valence-corrected chi connectivity index (χ2v) is 14.4. The molecule has 4 heteroatoms. The smallest absolute Gasteiger partial charge is 0.201 e. The molecule has 0 bridgehead atoms. The molecular weight excluding hydrogens is 388 g/mol. The maximum absolute atomic E-state index is 11.2. The first kappa shape index (κ1) is 24.5. The molecule has 0 aliphatic heterocycles. The summed E-state index contributed by atoms with van der Waals surface area (Å²) in [6, 6.07) is 19.3. The zero-order chi connectivity index (χ0) is 22.3. The van der Waals surface area contributed by atoms with Crippen LogP contribution in [0.4, 0.5) is 0 Å². The Labute approximate surface area is 183 Å². The zero-order valence-electron chi connectivity index (χ0n) is 19.2. The van der Waals surface area contributed by atoms with Crippen LogP contribution in [0.5, 0.6) is 0 Å². The van der Waals surface area contributed by atoms with Crippen molar-refractivity contribution in [1.82, 2.24) is 0 Å². The Kier molecular flexibility index (Phi) is 9.04. The van der Waals surface area contributed by atoms with Gasteiger partial charge in [0, 0.05) is 0 Å². The molecule has 30 heavy (non-hydrogen) atoms. The highest BCUT2D eigenvalue weighted by molar-refractivity contribution is 6.77. The third-order valence-corrected chi connectivity index (χ3v) is 12.2. The molecule has 0 aliphatic rings. The Balaban J connectivity index is 2.43. The molecule has 164 valence electrons. The summed E-state index contributed by atoms with van der Waals surface area (Å²) in [4.78, 5) is 0. The van der Waals surface area contributed by atoms with Crippen molar-refractivity contribution in [3.63, 3.8) is 0 Å². The summed E-state index contributed by atoms with van der Waals surface area (Å²) >= 11 is 0. The highest BCUT2D eigenvalue weighted by Crippen LogP contribution is 2.44. The summed E-state index contributed by atoms with van der Waals surface area (Å²) in [6.45, 7) is 13.4. The number of hydrogen-bond acceptors (Lipinski definition) is 3. The second kappa shape index (κ2) is 11.1. The van der Waals surface area contributed by atoms with Gasteiger partial charge in [-0.3, -0.25) is 0 Å². The lowest BCUT2D eigenvalue weighted by molar-refractivity contribution is -0.0388. The number of aliphatic hydroxyl groups is 2. The molecule has 0 radical (unpaired) electrons. The molecule has 0 aromatic heterocycles. The van der Waals surface area contributed by atoms with Crippen molar-refractivity contribution in [2.24, 2.45) is 0 Å². The Hall–Kier alpha value is -1.72. The van der Waals surface area contributed by atoms with Gasteiger partial charge in [-0.05, 0) is 27.8 Å². The van der Waals surface area contributed by atoms with E-state index in [1.807, 2.05) is 72.8 Å². The summed E-state index contributed by atoms with van der Waals surface area (Å²) < 4.78 is 6.89. The average molecular weight is 427 g/mol. The second-order valence-electron chi connectivity index (χ2n) is 9.02. The molecule has 3 nitrogen and oxygen atoms in total. The van der Waals surface area contributed by atoms with Gasteiger partial charge in [0.25, 0.3) is 0 Å². The van der Waals surface area contributed by atoms with Crippen LogP contribution in [0.25, 0.3) is 6.08 Å². The third-order valence-electron chi connectivity index (χ3n) is 6.13. The van der Waals surface area contributed by atoms with Crippen LogP contribution in [0.2, 0.25) is 16.6 Å². The van der Waals surface area contributed by atoms with Crippen LogP contribution < -0.4 is 0 Å². The first-order valence-corrected chi connectivity index (χ1v) is 13.2. The van der Waals surface area contributed by atoms with Gasteiger partial charge in [0.1, 0.15) is 12.2 Å². The zero-order valence-corrected chi connectivity index (χ0v) is 20.2. The van der Waals surface area contributed by atoms with Gasteiger partial charge in [-0.1, -0.05) is 114 Å². The van der Waals surface area contributed by atoms with Gasteiger partial charge in [0.2, 0.25) is 8.32 Å². The maximum Gasteiger partial charge on any atom is 0.201 e. The van der Waals surface area contributed by atoms with Crippen molar-refractivity contribution < 1.29 is 14.6 Å². The van der Waals surface area contributed by atoms with Gasteiger partial charge in [-0.15, -0.1) is 0 Å². The molecule has 0 amide bonds. The SMILES string of the molecule is CC(C)[Si](O[C@@H](/C=C/c1ccccc1)[C@H](O)[C@@H](O)c1ccccc1)(C(C)C)C(C)C. The van der Waals surface area contributed by atoms with Crippen LogP contribution in [0.1, 0.15) is 58.8 Å². The topological polar surface area (TPSA) is 49.7 Å². The molecule has 0 spiro atoms. The van der Waals surface area contributed by atoms with Crippen molar-refractivity contribution in [1.29, 1.82) is 0 Å². The van der Waals surface area contributed by atoms with Crippen LogP contribution in [0, 0.1) is 0 Å². The summed E-state index contributed by atoms with van der Waals surface area (Å²) in [5, 5.41) is 22.1. The van der Waals surface area contributed by atoms with E-state index in [0.29, 0.717) is 22.2 Å². The number of hydrogen-bond donors (Lipinski definition) is 2. The van der Waals surface area contributed by atoms with Gasteiger partial charge in [0.05, 0.1) is 6.10 Å². The fourth-order valence-corrected chi connectivity index (χ4v) is 10.2. The van der Waals surface area contributed by atoms with Gasteiger partial charge in [-0.25, -0.2) is 0 Å². The van der Waals surface area contributed by atoms with Crippen molar-refractivity contribution in [2.75, 3.05) is 0 Å². The van der Waals surface area contributed by atoms with Crippen LogP contribution in [0.15, 0.2) is 66.7 Å². The summed E-state index contributed by atoms with van der Waals surface area (Å²) in [5.41, 5.74) is 2.87. The number of rotatable bonds is 10. The maximum atomic E-state index is 11.2. The molecule has 0 heterocycles. The number of aliphatic hydroxyl groups excluding tert-OH is 2. The fourth-order valence-electron chi connectivity index (χ4n) is 4.66. The van der Waals surface area contributed by atoms with E-state index in [0.717, 1.165) is 5.56 Å². The first-order valence-electron chi connectivity index (χ1n) is 11.0. The van der Waals surface area contributed by atoms with E-state index in [1.165, 1.54) is 0 Å². The van der Waals surface area contributed by atoms with E-state index < -0.39 is 26.6 Å². The normalized spacial score (nSPS) is 15.8. The molecule has 0 aliphatic carbocycles. The van der Waals surface area contributed by atoms with Crippen molar-refractivity contribution in [2.45, 2.75) is 76.5 Å². The Morgan fingerprint density at radius 3 is 1.67 bits per heavy atom. The summed E-state index contributed by atoms with van der Waals surface area (Å²) in [7, 11) is -2.26. The minimum Gasteiger partial charge on any atom is -0.407 e. The lowest BCUT2D eigenvalue weighted by atomic mass is 10.00. The largest absolute Gasteiger partial charge is 0.407 e. The first-order chi connectivity index (χ1) is 14.2. The highest BCUT2D eigenvalue weighted by Gasteiger charge is 2.47. The lowest BCUT2D eigenvalue weighted by Crippen LogP contribution is -2.52. The van der Waals surface area contributed by atoms with Gasteiger partial charge < -0.3 is 14.6 Å². The van der Waals surface area contributed by atoms with Crippen molar-refractivity contribution >= 4 is 14.4 Å². The molecule has 3 atom stereocenters. The predicted octanol–water partition coefficient (Wildman–Crippen LogP) is 6.36. The van der Waals surface area contributed by atoms with Crippen LogP contribution in [-0.2, 0) is 4.43 Å². The average Bonchev–Trinajstić information content (AvgIpc) is 2.73. The molecule has 0 unspecified atom stereocenters. The van der Waals surface area contributed by atoms with E-state index >= 15 is 0 Å². The summed E-state index contributed by atoms with van der Waals surface area (Å²) in [5.74, 6) is 0. The molecular formula is C26H38O3Si. The Morgan fingerprint density at radius 2 is 1.20 bits per heavy atom. The van der Waals surface area contributed by atoms with E-state index in [1.54, 1.807) is 0 Å². The molecule has 2 N–H and O–H groups in total. The minimum atomic E-state index is -2.26. The molecule has 0 saturated carbocycles. The highest BCUT2D eigenvalue weighted by atomic mass is 28.4. The van der Waals surface area contributed by atoms with Crippen LogP contribution in [0.3, 0.4) is 0 Å². The Morgan fingerprint density at radius 1 is 0.733 bits per heavy atom.